The summed E-state index contributed by atoms with van der Waals surface area (Å²) >= 11 is 0. The van der Waals surface area contributed by atoms with Crippen molar-refractivity contribution in [3.8, 4) is 0 Å². The molecule has 0 spiro atoms. The topological polar surface area (TPSA) is 43.7 Å². The second-order valence-corrected chi connectivity index (χ2v) is 6.55. The van der Waals surface area contributed by atoms with Crippen molar-refractivity contribution in [2.75, 3.05) is 13.6 Å². The molecule has 0 bridgehead atoms. The normalized spacial score (nSPS) is 32.8. The van der Waals surface area contributed by atoms with Crippen LogP contribution < -0.4 is 0 Å². The Balaban J connectivity index is 2.02. The number of hydrogen-bond acceptors (Lipinski definition) is 3. The van der Waals surface area contributed by atoms with Crippen LogP contribution in [0.1, 0.15) is 30.5 Å². The SMILES string of the molecule is CN1C[C@@](C)(O)[C@](O)(c2ccccc2)C[C@H]1c1ccccc1. The molecule has 1 heterocycles. The van der Waals surface area contributed by atoms with E-state index >= 15 is 0 Å². The molecule has 0 radical (unpaired) electrons. The van der Waals surface area contributed by atoms with Gasteiger partial charge in [0.05, 0.1) is 0 Å². The quantitative estimate of drug-likeness (QED) is 0.896. The Kier molecular flexibility index (Phi) is 3.81. The van der Waals surface area contributed by atoms with Gasteiger partial charge < -0.3 is 10.2 Å². The molecule has 2 aromatic carbocycles. The number of piperidine rings is 1. The van der Waals surface area contributed by atoms with Gasteiger partial charge in [0, 0.05) is 19.0 Å². The summed E-state index contributed by atoms with van der Waals surface area (Å²) in [5.74, 6) is 0. The third-order valence-electron chi connectivity index (χ3n) is 4.90. The van der Waals surface area contributed by atoms with Crippen LogP contribution in [-0.4, -0.2) is 34.3 Å². The fourth-order valence-corrected chi connectivity index (χ4v) is 3.57. The summed E-state index contributed by atoms with van der Waals surface area (Å²) in [4.78, 5) is 2.12. The average molecular weight is 297 g/mol. The number of benzene rings is 2. The molecule has 1 fully saturated rings. The Labute approximate surface area is 131 Å². The minimum absolute atomic E-state index is 0.0756. The first-order valence-electron chi connectivity index (χ1n) is 7.69. The maximum atomic E-state index is 11.3. The van der Waals surface area contributed by atoms with Gasteiger partial charge in [-0.05, 0) is 25.1 Å². The van der Waals surface area contributed by atoms with Crippen LogP contribution in [0.3, 0.4) is 0 Å². The summed E-state index contributed by atoms with van der Waals surface area (Å²) in [7, 11) is 2.00. The van der Waals surface area contributed by atoms with E-state index in [0.29, 0.717) is 13.0 Å². The van der Waals surface area contributed by atoms with Gasteiger partial charge in [0.15, 0.2) is 0 Å². The van der Waals surface area contributed by atoms with E-state index in [4.69, 9.17) is 0 Å². The number of rotatable bonds is 2. The molecule has 1 aliphatic heterocycles. The number of β-amino-alcohol motifs (C(OH)–C–C–N with tert-alkyl or cyclic N) is 1. The fourth-order valence-electron chi connectivity index (χ4n) is 3.57. The summed E-state index contributed by atoms with van der Waals surface area (Å²) < 4.78 is 0. The maximum absolute atomic E-state index is 11.3. The Morgan fingerprint density at radius 3 is 2.09 bits per heavy atom. The van der Waals surface area contributed by atoms with Crippen molar-refractivity contribution < 1.29 is 10.2 Å². The summed E-state index contributed by atoms with van der Waals surface area (Å²) in [6.07, 6.45) is 0.463. The minimum Gasteiger partial charge on any atom is -0.385 e. The zero-order valence-corrected chi connectivity index (χ0v) is 13.1. The van der Waals surface area contributed by atoms with Gasteiger partial charge in [0.25, 0.3) is 0 Å². The molecular weight excluding hydrogens is 274 g/mol. The molecule has 0 unspecified atom stereocenters. The Morgan fingerprint density at radius 2 is 1.50 bits per heavy atom. The van der Waals surface area contributed by atoms with E-state index < -0.39 is 11.2 Å². The highest BCUT2D eigenvalue weighted by Gasteiger charge is 2.53. The van der Waals surface area contributed by atoms with E-state index in [1.54, 1.807) is 6.92 Å². The largest absolute Gasteiger partial charge is 0.385 e. The van der Waals surface area contributed by atoms with Crippen LogP contribution in [0.15, 0.2) is 60.7 Å². The smallest absolute Gasteiger partial charge is 0.121 e. The van der Waals surface area contributed by atoms with Gasteiger partial charge in [0.1, 0.15) is 11.2 Å². The van der Waals surface area contributed by atoms with Crippen LogP contribution in [0, 0.1) is 0 Å². The highest BCUT2D eigenvalue weighted by atomic mass is 16.4. The molecule has 3 heteroatoms. The monoisotopic (exact) mass is 297 g/mol. The lowest BCUT2D eigenvalue weighted by molar-refractivity contribution is -0.197. The predicted molar refractivity (Wildman–Crippen MR) is 87.4 cm³/mol. The summed E-state index contributed by atoms with van der Waals surface area (Å²) in [5, 5.41) is 22.2. The van der Waals surface area contributed by atoms with E-state index in [2.05, 4.69) is 17.0 Å². The predicted octanol–water partition coefficient (Wildman–Crippen LogP) is 2.70. The van der Waals surface area contributed by atoms with Crippen molar-refractivity contribution in [2.24, 2.45) is 0 Å². The molecule has 3 rings (SSSR count). The molecule has 0 aliphatic carbocycles. The maximum Gasteiger partial charge on any atom is 0.121 e. The molecule has 2 N–H and O–H groups in total. The summed E-state index contributed by atoms with van der Waals surface area (Å²) in [6.45, 7) is 2.13. The molecule has 0 aromatic heterocycles. The van der Waals surface area contributed by atoms with Crippen molar-refractivity contribution in [2.45, 2.75) is 30.6 Å². The highest BCUT2D eigenvalue weighted by molar-refractivity contribution is 5.30. The van der Waals surface area contributed by atoms with Crippen LogP contribution >= 0.6 is 0 Å². The van der Waals surface area contributed by atoms with Crippen LogP contribution in [0.25, 0.3) is 0 Å². The third kappa shape index (κ3) is 2.45. The van der Waals surface area contributed by atoms with Gasteiger partial charge in [0.2, 0.25) is 0 Å². The van der Waals surface area contributed by atoms with Gasteiger partial charge in [-0.2, -0.15) is 0 Å². The van der Waals surface area contributed by atoms with E-state index in [0.717, 1.165) is 11.1 Å². The van der Waals surface area contributed by atoms with Gasteiger partial charge >= 0.3 is 0 Å². The van der Waals surface area contributed by atoms with Crippen molar-refractivity contribution in [3.63, 3.8) is 0 Å². The second kappa shape index (κ2) is 5.51. The van der Waals surface area contributed by atoms with Crippen LogP contribution in [-0.2, 0) is 5.60 Å². The molecule has 2 aromatic rings. The number of likely N-dealkylation sites (N-methyl/N-ethyl adjacent to an activating group) is 1. The van der Waals surface area contributed by atoms with Gasteiger partial charge in [-0.15, -0.1) is 0 Å². The van der Waals surface area contributed by atoms with Crippen LogP contribution in [0.4, 0.5) is 0 Å². The molecule has 3 nitrogen and oxygen atoms in total. The molecule has 1 saturated heterocycles. The first kappa shape index (κ1) is 15.2. The first-order chi connectivity index (χ1) is 10.4. The van der Waals surface area contributed by atoms with Crippen molar-refractivity contribution in [1.29, 1.82) is 0 Å². The van der Waals surface area contributed by atoms with E-state index in [1.165, 1.54) is 0 Å². The number of nitrogens with zero attached hydrogens (tertiary/aromatic N) is 1. The molecule has 22 heavy (non-hydrogen) atoms. The van der Waals surface area contributed by atoms with Crippen LogP contribution in [0.2, 0.25) is 0 Å². The number of aliphatic hydroxyl groups is 2. The minimum atomic E-state index is -1.26. The highest BCUT2D eigenvalue weighted by Crippen LogP contribution is 2.46. The van der Waals surface area contributed by atoms with E-state index in [-0.39, 0.29) is 6.04 Å². The van der Waals surface area contributed by atoms with Gasteiger partial charge in [-0.25, -0.2) is 0 Å². The zero-order chi connectivity index (χ0) is 15.8. The molecule has 116 valence electrons. The number of hydrogen-bond donors (Lipinski definition) is 2. The summed E-state index contributed by atoms with van der Waals surface area (Å²) in [5.41, 5.74) is -0.528. The first-order valence-corrected chi connectivity index (χ1v) is 7.69. The van der Waals surface area contributed by atoms with Crippen molar-refractivity contribution in [3.05, 3.63) is 71.8 Å². The van der Waals surface area contributed by atoms with Gasteiger partial charge in [-0.3, -0.25) is 4.90 Å². The summed E-state index contributed by atoms with van der Waals surface area (Å²) in [6, 6.07) is 19.7. The lowest BCUT2D eigenvalue weighted by Crippen LogP contribution is -2.61. The van der Waals surface area contributed by atoms with Gasteiger partial charge in [-0.1, -0.05) is 60.7 Å². The molecular formula is C19H23NO2. The lowest BCUT2D eigenvalue weighted by atomic mass is 9.70. The lowest BCUT2D eigenvalue weighted by Gasteiger charge is -2.52. The van der Waals surface area contributed by atoms with E-state index in [9.17, 15) is 10.2 Å². The van der Waals surface area contributed by atoms with Crippen molar-refractivity contribution >= 4 is 0 Å². The Hall–Kier alpha value is -1.68. The fraction of sp³-hybridized carbons (Fsp3) is 0.368. The standard InChI is InChI=1S/C19H23NO2/c1-18(21)14-20(2)17(15-9-5-3-6-10-15)13-19(18,22)16-11-7-4-8-12-16/h3-12,17,21-22H,13-14H2,1-2H3/t17-,18+,19+/m0/s1. The molecule has 1 aliphatic rings. The third-order valence-corrected chi connectivity index (χ3v) is 4.90. The molecule has 0 amide bonds. The van der Waals surface area contributed by atoms with Crippen molar-refractivity contribution in [1.82, 2.24) is 4.90 Å². The Morgan fingerprint density at radius 1 is 0.955 bits per heavy atom. The average Bonchev–Trinajstić information content (AvgIpc) is 2.52. The number of likely N-dealkylation sites (tertiary alicyclic amines) is 1. The zero-order valence-electron chi connectivity index (χ0n) is 13.1. The molecule has 0 saturated carbocycles. The second-order valence-electron chi connectivity index (χ2n) is 6.55. The molecule has 3 atom stereocenters. The van der Waals surface area contributed by atoms with Crippen LogP contribution in [0.5, 0.6) is 0 Å². The van der Waals surface area contributed by atoms with E-state index in [1.807, 2.05) is 55.6 Å². The Bertz CT molecular complexity index is 626.